The highest BCUT2D eigenvalue weighted by molar-refractivity contribution is 9.10. The van der Waals surface area contributed by atoms with E-state index in [2.05, 4.69) is 15.9 Å². The van der Waals surface area contributed by atoms with Gasteiger partial charge in [-0.25, -0.2) is 13.4 Å². The van der Waals surface area contributed by atoms with Crippen LogP contribution < -0.4 is 4.31 Å². The molecule has 0 aliphatic carbocycles. The summed E-state index contributed by atoms with van der Waals surface area (Å²) in [5, 5.41) is 9.90. The first kappa shape index (κ1) is 17.6. The number of benzene rings is 2. The summed E-state index contributed by atoms with van der Waals surface area (Å²) in [6, 6.07) is 8.23. The minimum atomic E-state index is -2.26. The zero-order valence-electron chi connectivity index (χ0n) is 12.7. The van der Waals surface area contributed by atoms with E-state index in [1.54, 1.807) is 0 Å². The third kappa shape index (κ3) is 3.17. The average Bonchev–Trinajstić information content (AvgIpc) is 2.92. The first-order valence-corrected chi connectivity index (χ1v) is 8.75. The number of carboxylic acid groups (broad SMARTS) is 1. The second kappa shape index (κ2) is 6.58. The zero-order chi connectivity index (χ0) is 18.3. The highest BCUT2D eigenvalue weighted by Crippen LogP contribution is 2.39. The van der Waals surface area contributed by atoms with Crippen LogP contribution in [-0.2, 0) is 11.3 Å². The molecule has 9 heteroatoms. The van der Waals surface area contributed by atoms with Crippen LogP contribution in [0.1, 0.15) is 10.4 Å². The van der Waals surface area contributed by atoms with E-state index < -0.39 is 23.1 Å². The molecule has 0 bridgehead atoms. The maximum Gasteiger partial charge on any atom is 0.340 e. The van der Waals surface area contributed by atoms with Crippen LogP contribution in [0.15, 0.2) is 45.3 Å². The molecule has 0 saturated heterocycles. The van der Waals surface area contributed by atoms with Crippen molar-refractivity contribution >= 4 is 49.8 Å². The van der Waals surface area contributed by atoms with Gasteiger partial charge in [-0.2, -0.15) is 0 Å². The van der Waals surface area contributed by atoms with Gasteiger partial charge in [0.2, 0.25) is 0 Å². The van der Waals surface area contributed by atoms with Crippen molar-refractivity contribution in [2.75, 3.05) is 11.4 Å². The van der Waals surface area contributed by atoms with E-state index >= 15 is 0 Å². The number of hydrogen-bond acceptors (Lipinski definition) is 3. The molecule has 0 aliphatic heterocycles. The summed E-state index contributed by atoms with van der Waals surface area (Å²) in [5.74, 6) is -1.56. The monoisotopic (exact) mass is 427 g/mol. The van der Waals surface area contributed by atoms with Crippen LogP contribution in [0.2, 0.25) is 0 Å². The molecule has 1 aromatic heterocycles. The highest BCUT2D eigenvalue weighted by Gasteiger charge is 2.24. The molecule has 0 fully saturated rings. The lowest BCUT2D eigenvalue weighted by Gasteiger charge is -2.15. The third-order valence-corrected chi connectivity index (χ3v) is 4.95. The van der Waals surface area contributed by atoms with Gasteiger partial charge in [-0.15, -0.1) is 0 Å². The third-order valence-electron chi connectivity index (χ3n) is 3.65. The molecule has 25 heavy (non-hydrogen) atoms. The minimum absolute atomic E-state index is 0.0679. The number of anilines is 1. The molecule has 0 aliphatic rings. The molecule has 2 N–H and O–H groups in total. The van der Waals surface area contributed by atoms with Crippen molar-refractivity contribution in [3.63, 3.8) is 0 Å². The summed E-state index contributed by atoms with van der Waals surface area (Å²) in [5.41, 5.74) is 0.922. The Morgan fingerprint density at radius 1 is 1.28 bits per heavy atom. The van der Waals surface area contributed by atoms with Crippen LogP contribution >= 0.6 is 15.9 Å². The van der Waals surface area contributed by atoms with Crippen molar-refractivity contribution < 1.29 is 27.5 Å². The SMILES string of the molecule is CN(c1cc2oc(-c3ccc(F)cc3)c(C(=O)O)c2cc1Br)S(=O)O. The van der Waals surface area contributed by atoms with Crippen molar-refractivity contribution in [3.8, 4) is 11.3 Å². The topological polar surface area (TPSA) is 91.0 Å². The number of furan rings is 1. The Hall–Kier alpha value is -2.23. The number of fused-ring (bicyclic) bond motifs is 1. The molecule has 0 saturated carbocycles. The van der Waals surface area contributed by atoms with Crippen LogP contribution in [0, 0.1) is 5.82 Å². The summed E-state index contributed by atoms with van der Waals surface area (Å²) in [7, 11) is 1.41. The maximum atomic E-state index is 13.1. The fraction of sp³-hybridized carbons (Fsp3) is 0.0625. The van der Waals surface area contributed by atoms with E-state index in [1.807, 2.05) is 0 Å². The number of nitrogens with zero attached hydrogens (tertiary/aromatic N) is 1. The molecule has 130 valence electrons. The zero-order valence-corrected chi connectivity index (χ0v) is 15.1. The Bertz CT molecular complexity index is 1000. The Morgan fingerprint density at radius 2 is 1.92 bits per heavy atom. The first-order valence-electron chi connectivity index (χ1n) is 6.89. The normalized spacial score (nSPS) is 12.3. The Morgan fingerprint density at radius 3 is 2.48 bits per heavy atom. The highest BCUT2D eigenvalue weighted by atomic mass is 79.9. The van der Waals surface area contributed by atoms with Crippen molar-refractivity contribution in [1.29, 1.82) is 0 Å². The quantitative estimate of drug-likeness (QED) is 0.606. The molecule has 1 unspecified atom stereocenters. The van der Waals surface area contributed by atoms with Gasteiger partial charge in [0.05, 0.1) is 5.69 Å². The van der Waals surface area contributed by atoms with Gasteiger partial charge in [0.1, 0.15) is 22.7 Å². The molecule has 0 amide bonds. The Kier molecular flexibility index (Phi) is 4.63. The van der Waals surface area contributed by atoms with Gasteiger partial charge in [0, 0.05) is 28.5 Å². The summed E-state index contributed by atoms with van der Waals surface area (Å²) in [6.45, 7) is 0. The van der Waals surface area contributed by atoms with Crippen LogP contribution in [0.5, 0.6) is 0 Å². The van der Waals surface area contributed by atoms with Gasteiger partial charge < -0.3 is 9.52 Å². The fourth-order valence-corrected chi connectivity index (χ4v) is 3.49. The molecule has 1 heterocycles. The number of aromatic carboxylic acids is 1. The van der Waals surface area contributed by atoms with E-state index in [0.29, 0.717) is 21.1 Å². The summed E-state index contributed by atoms with van der Waals surface area (Å²) < 4.78 is 40.8. The van der Waals surface area contributed by atoms with Crippen LogP contribution in [0.25, 0.3) is 22.3 Å². The Balaban J connectivity index is 2.28. The second-order valence-electron chi connectivity index (χ2n) is 5.15. The van der Waals surface area contributed by atoms with Crippen molar-refractivity contribution in [1.82, 2.24) is 0 Å². The lowest BCUT2D eigenvalue weighted by atomic mass is 10.1. The van der Waals surface area contributed by atoms with Gasteiger partial charge in [-0.1, -0.05) is 0 Å². The summed E-state index contributed by atoms with van der Waals surface area (Å²) in [4.78, 5) is 11.7. The molecule has 3 aromatic rings. The predicted molar refractivity (Wildman–Crippen MR) is 95.4 cm³/mol. The van der Waals surface area contributed by atoms with Crippen LogP contribution in [0.3, 0.4) is 0 Å². The van der Waals surface area contributed by atoms with Crippen LogP contribution in [-0.4, -0.2) is 26.9 Å². The standard InChI is InChI=1S/C16H11BrFNO5S/c1-19(25(22)23)12-7-13-10(6-11(12)17)14(16(20)21)15(24-13)8-2-4-9(18)5-3-8/h2-7H,1H3,(H,20,21)(H,22,23). The molecule has 0 radical (unpaired) electrons. The number of rotatable bonds is 4. The van der Waals surface area contributed by atoms with Crippen LogP contribution in [0.4, 0.5) is 10.1 Å². The van der Waals surface area contributed by atoms with Crippen molar-refractivity contribution in [2.24, 2.45) is 0 Å². The molecule has 3 rings (SSSR count). The number of carboxylic acids is 1. The van der Waals surface area contributed by atoms with Gasteiger partial charge in [0.25, 0.3) is 11.3 Å². The summed E-state index contributed by atoms with van der Waals surface area (Å²) in [6.07, 6.45) is 0. The van der Waals surface area contributed by atoms with E-state index in [1.165, 1.54) is 43.4 Å². The molecular weight excluding hydrogens is 417 g/mol. The van der Waals surface area contributed by atoms with E-state index in [4.69, 9.17) is 4.42 Å². The minimum Gasteiger partial charge on any atom is -0.478 e. The van der Waals surface area contributed by atoms with Gasteiger partial charge in [0.15, 0.2) is 0 Å². The van der Waals surface area contributed by atoms with E-state index in [-0.39, 0.29) is 16.9 Å². The molecule has 2 aromatic carbocycles. The van der Waals surface area contributed by atoms with E-state index in [0.717, 1.165) is 4.31 Å². The lowest BCUT2D eigenvalue weighted by Crippen LogP contribution is -2.19. The maximum absolute atomic E-state index is 13.1. The van der Waals surface area contributed by atoms with Crippen molar-refractivity contribution in [3.05, 3.63) is 52.3 Å². The van der Waals surface area contributed by atoms with E-state index in [9.17, 15) is 23.1 Å². The first-order chi connectivity index (χ1) is 11.8. The predicted octanol–water partition coefficient (Wildman–Crippen LogP) is 4.27. The molecule has 0 spiro atoms. The second-order valence-corrected chi connectivity index (χ2v) is 7.01. The largest absolute Gasteiger partial charge is 0.478 e. The number of hydrogen-bond donors (Lipinski definition) is 2. The Labute approximate surface area is 152 Å². The van der Waals surface area contributed by atoms with Crippen molar-refractivity contribution in [2.45, 2.75) is 0 Å². The van der Waals surface area contributed by atoms with Gasteiger partial charge in [-0.05, 0) is 46.3 Å². The van der Waals surface area contributed by atoms with Gasteiger partial charge >= 0.3 is 5.97 Å². The molecule has 6 nitrogen and oxygen atoms in total. The number of halogens is 2. The lowest BCUT2D eigenvalue weighted by molar-refractivity contribution is 0.0699. The molecule has 1 atom stereocenters. The number of carbonyl (C=O) groups is 1. The summed E-state index contributed by atoms with van der Waals surface area (Å²) >= 11 is 1.02. The smallest absolute Gasteiger partial charge is 0.340 e. The fourth-order valence-electron chi connectivity index (χ4n) is 2.45. The molecular formula is C16H11BrFNO5S. The van der Waals surface area contributed by atoms with Gasteiger partial charge in [-0.3, -0.25) is 8.86 Å². The average molecular weight is 428 g/mol.